The third-order valence-electron chi connectivity index (χ3n) is 4.56. The van der Waals surface area contributed by atoms with Gasteiger partial charge in [-0.15, -0.1) is 0 Å². The van der Waals surface area contributed by atoms with E-state index in [1.807, 2.05) is 24.3 Å². The van der Waals surface area contributed by atoms with Gasteiger partial charge in [0.05, 0.1) is 12.0 Å². The summed E-state index contributed by atoms with van der Waals surface area (Å²) in [6.45, 7) is 2.71. The lowest BCUT2D eigenvalue weighted by Crippen LogP contribution is -2.40. The molecule has 0 amide bonds. The van der Waals surface area contributed by atoms with Gasteiger partial charge in [0.2, 0.25) is 0 Å². The molecule has 3 nitrogen and oxygen atoms in total. The van der Waals surface area contributed by atoms with E-state index in [0.29, 0.717) is 13.0 Å². The van der Waals surface area contributed by atoms with Crippen LogP contribution in [-0.4, -0.2) is 17.7 Å². The fraction of sp³-hybridized carbons (Fsp3) is 0.611. The molecule has 1 aliphatic heterocycles. The largest absolute Gasteiger partial charge is 0.493 e. The molecule has 0 bridgehead atoms. The van der Waals surface area contributed by atoms with Gasteiger partial charge in [-0.1, -0.05) is 63.6 Å². The number of benzene rings is 1. The molecule has 1 aromatic carbocycles. The number of unbranched alkanes of at least 4 members (excludes halogenated alkanes) is 5. The first kappa shape index (κ1) is 15.9. The molecule has 0 fully saturated rings. The quantitative estimate of drug-likeness (QED) is 0.715. The minimum absolute atomic E-state index is 0.499. The van der Waals surface area contributed by atoms with Crippen molar-refractivity contribution in [3.63, 3.8) is 0 Å². The molecule has 116 valence electrons. The predicted molar refractivity (Wildman–Crippen MR) is 83.9 cm³/mol. The minimum atomic E-state index is -0.750. The van der Waals surface area contributed by atoms with Crippen LogP contribution in [0, 0.1) is 0 Å². The first-order valence-electron chi connectivity index (χ1n) is 8.16. The zero-order chi connectivity index (χ0) is 15.1. The van der Waals surface area contributed by atoms with Crippen molar-refractivity contribution >= 4 is 5.97 Å². The van der Waals surface area contributed by atoms with Crippen LogP contribution in [-0.2, 0) is 10.2 Å². The summed E-state index contributed by atoms with van der Waals surface area (Å²) in [7, 11) is 0. The average molecular weight is 290 g/mol. The third kappa shape index (κ3) is 3.58. The lowest BCUT2D eigenvalue weighted by molar-refractivity contribution is -0.145. The summed E-state index contributed by atoms with van der Waals surface area (Å²) in [5.41, 5.74) is 0.108. The summed E-state index contributed by atoms with van der Waals surface area (Å²) in [5, 5.41) is 9.82. The third-order valence-corrected chi connectivity index (χ3v) is 4.56. The molecule has 1 aliphatic rings. The molecule has 0 aliphatic carbocycles. The summed E-state index contributed by atoms with van der Waals surface area (Å²) >= 11 is 0. The molecule has 1 N–H and O–H groups in total. The molecular formula is C18H26O3. The molecule has 21 heavy (non-hydrogen) atoms. The van der Waals surface area contributed by atoms with E-state index in [9.17, 15) is 9.90 Å². The maximum Gasteiger partial charge on any atom is 0.314 e. The number of rotatable bonds is 8. The van der Waals surface area contributed by atoms with Crippen LogP contribution in [0.5, 0.6) is 5.75 Å². The van der Waals surface area contributed by atoms with Gasteiger partial charge in [0.1, 0.15) is 5.75 Å². The van der Waals surface area contributed by atoms with E-state index in [0.717, 1.165) is 30.6 Å². The topological polar surface area (TPSA) is 46.5 Å². The fourth-order valence-electron chi connectivity index (χ4n) is 3.25. The van der Waals surface area contributed by atoms with E-state index in [1.54, 1.807) is 0 Å². The number of carbonyl (C=O) groups is 1. The van der Waals surface area contributed by atoms with Gasteiger partial charge in [-0.05, 0) is 12.5 Å². The molecule has 1 heterocycles. The van der Waals surface area contributed by atoms with Crippen molar-refractivity contribution in [2.24, 2.45) is 0 Å². The Hall–Kier alpha value is -1.51. The van der Waals surface area contributed by atoms with E-state index in [4.69, 9.17) is 4.74 Å². The van der Waals surface area contributed by atoms with Crippen molar-refractivity contribution in [2.75, 3.05) is 6.61 Å². The number of aliphatic carboxylic acids is 1. The Balaban J connectivity index is 2.03. The number of hydrogen-bond acceptors (Lipinski definition) is 2. The van der Waals surface area contributed by atoms with Gasteiger partial charge < -0.3 is 9.84 Å². The molecule has 1 unspecified atom stereocenters. The number of fused-ring (bicyclic) bond motifs is 1. The van der Waals surface area contributed by atoms with Crippen LogP contribution in [0.15, 0.2) is 24.3 Å². The molecule has 0 aromatic heterocycles. The minimum Gasteiger partial charge on any atom is -0.493 e. The van der Waals surface area contributed by atoms with Crippen LogP contribution in [0.3, 0.4) is 0 Å². The SMILES string of the molecule is CCCCCCCCC1(C(=O)O)CCOc2ccccc21. The second kappa shape index (κ2) is 7.48. The van der Waals surface area contributed by atoms with Gasteiger partial charge in [0, 0.05) is 12.0 Å². The summed E-state index contributed by atoms with van der Waals surface area (Å²) in [6.07, 6.45) is 8.38. The molecule has 0 saturated carbocycles. The normalized spacial score (nSPS) is 20.6. The van der Waals surface area contributed by atoms with Gasteiger partial charge in [-0.2, -0.15) is 0 Å². The Morgan fingerprint density at radius 3 is 2.67 bits per heavy atom. The van der Waals surface area contributed by atoms with Gasteiger partial charge in [0.25, 0.3) is 0 Å². The van der Waals surface area contributed by atoms with Crippen LogP contribution in [0.2, 0.25) is 0 Å². The zero-order valence-electron chi connectivity index (χ0n) is 12.9. The Bertz CT molecular complexity index is 469. The van der Waals surface area contributed by atoms with Crippen LogP contribution in [0.25, 0.3) is 0 Å². The van der Waals surface area contributed by atoms with Crippen LogP contribution < -0.4 is 4.74 Å². The summed E-state index contributed by atoms with van der Waals surface area (Å²) < 4.78 is 5.62. The molecule has 0 radical (unpaired) electrons. The van der Waals surface area contributed by atoms with Crippen molar-refractivity contribution in [3.8, 4) is 5.75 Å². The van der Waals surface area contributed by atoms with Crippen molar-refractivity contribution in [3.05, 3.63) is 29.8 Å². The van der Waals surface area contributed by atoms with Gasteiger partial charge in [-0.25, -0.2) is 0 Å². The Kier molecular flexibility index (Phi) is 5.66. The standard InChI is InChI=1S/C18H26O3/c1-2-3-4-5-6-9-12-18(17(19)20)13-14-21-16-11-8-7-10-15(16)18/h7-8,10-11H,2-6,9,12-14H2,1H3,(H,19,20). The molecule has 2 rings (SSSR count). The monoisotopic (exact) mass is 290 g/mol. The highest BCUT2D eigenvalue weighted by Gasteiger charge is 2.43. The molecule has 1 aromatic rings. The predicted octanol–water partition coefficient (Wildman–Crippen LogP) is 4.54. The first-order valence-corrected chi connectivity index (χ1v) is 8.16. The molecule has 3 heteroatoms. The smallest absolute Gasteiger partial charge is 0.314 e. The highest BCUT2D eigenvalue weighted by Crippen LogP contribution is 2.42. The molecule has 0 saturated heterocycles. The average Bonchev–Trinajstić information content (AvgIpc) is 2.50. The second-order valence-electron chi connectivity index (χ2n) is 6.00. The van der Waals surface area contributed by atoms with E-state index in [-0.39, 0.29) is 0 Å². The summed E-state index contributed by atoms with van der Waals surface area (Å²) in [5.74, 6) is 0.0453. The summed E-state index contributed by atoms with van der Waals surface area (Å²) in [6, 6.07) is 7.61. The number of carboxylic acid groups (broad SMARTS) is 1. The van der Waals surface area contributed by atoms with Crippen LogP contribution in [0.1, 0.15) is 63.9 Å². The highest BCUT2D eigenvalue weighted by atomic mass is 16.5. The summed E-state index contributed by atoms with van der Waals surface area (Å²) in [4.78, 5) is 11.9. The number of hydrogen-bond donors (Lipinski definition) is 1. The Morgan fingerprint density at radius 1 is 1.19 bits per heavy atom. The van der Waals surface area contributed by atoms with Gasteiger partial charge >= 0.3 is 5.97 Å². The molecule has 1 atom stereocenters. The maximum absolute atomic E-state index is 11.9. The lowest BCUT2D eigenvalue weighted by Gasteiger charge is -2.35. The molecule has 0 spiro atoms. The van der Waals surface area contributed by atoms with Crippen molar-refractivity contribution in [1.29, 1.82) is 0 Å². The maximum atomic E-state index is 11.9. The van der Waals surface area contributed by atoms with Crippen molar-refractivity contribution in [2.45, 2.75) is 63.7 Å². The zero-order valence-corrected chi connectivity index (χ0v) is 12.9. The van der Waals surface area contributed by atoms with Crippen molar-refractivity contribution < 1.29 is 14.6 Å². The van der Waals surface area contributed by atoms with E-state index < -0.39 is 11.4 Å². The number of para-hydroxylation sites is 1. The Labute approximate surface area is 127 Å². The van der Waals surface area contributed by atoms with Crippen molar-refractivity contribution in [1.82, 2.24) is 0 Å². The lowest BCUT2D eigenvalue weighted by atomic mass is 9.72. The first-order chi connectivity index (χ1) is 10.2. The number of carboxylic acids is 1. The fourth-order valence-corrected chi connectivity index (χ4v) is 3.25. The van der Waals surface area contributed by atoms with E-state index >= 15 is 0 Å². The second-order valence-corrected chi connectivity index (χ2v) is 6.00. The Morgan fingerprint density at radius 2 is 1.90 bits per heavy atom. The van der Waals surface area contributed by atoms with E-state index in [2.05, 4.69) is 6.92 Å². The van der Waals surface area contributed by atoms with Gasteiger partial charge in [-0.3, -0.25) is 4.79 Å². The molecular weight excluding hydrogens is 264 g/mol. The van der Waals surface area contributed by atoms with E-state index in [1.165, 1.54) is 25.7 Å². The van der Waals surface area contributed by atoms with Crippen LogP contribution in [0.4, 0.5) is 0 Å². The highest BCUT2D eigenvalue weighted by molar-refractivity contribution is 5.83. The van der Waals surface area contributed by atoms with Crippen LogP contribution >= 0.6 is 0 Å². The van der Waals surface area contributed by atoms with Gasteiger partial charge in [0.15, 0.2) is 0 Å². The number of ether oxygens (including phenoxy) is 1.